The third-order valence-electron chi connectivity index (χ3n) is 3.86. The average molecular weight is 282 g/mol. The predicted molar refractivity (Wildman–Crippen MR) is 81.6 cm³/mol. The van der Waals surface area contributed by atoms with Gasteiger partial charge in [-0.1, -0.05) is 42.5 Å². The Morgan fingerprint density at radius 1 is 1.24 bits per heavy atom. The lowest BCUT2D eigenvalue weighted by Crippen LogP contribution is -2.35. The molecule has 2 aromatic rings. The average Bonchev–Trinajstić information content (AvgIpc) is 2.78. The highest BCUT2D eigenvalue weighted by atomic mass is 16.2. The summed E-state index contributed by atoms with van der Waals surface area (Å²) in [7, 11) is 0. The second kappa shape index (κ2) is 5.56. The zero-order chi connectivity index (χ0) is 14.8. The SMILES string of the molecule is CC(=O)NC1CC(=O)N(Cc2cccc3ccccc23)C1. The van der Waals surface area contributed by atoms with Crippen molar-refractivity contribution >= 4 is 22.6 Å². The van der Waals surface area contributed by atoms with Crippen LogP contribution in [0.3, 0.4) is 0 Å². The highest BCUT2D eigenvalue weighted by Gasteiger charge is 2.30. The lowest BCUT2D eigenvalue weighted by Gasteiger charge is -2.18. The van der Waals surface area contributed by atoms with Crippen molar-refractivity contribution in [2.75, 3.05) is 6.54 Å². The van der Waals surface area contributed by atoms with Crippen molar-refractivity contribution < 1.29 is 9.59 Å². The van der Waals surface area contributed by atoms with Gasteiger partial charge in [-0.3, -0.25) is 9.59 Å². The number of carbonyl (C=O) groups excluding carboxylic acids is 2. The van der Waals surface area contributed by atoms with Crippen molar-refractivity contribution in [2.24, 2.45) is 0 Å². The van der Waals surface area contributed by atoms with Crippen molar-refractivity contribution in [1.82, 2.24) is 10.2 Å². The number of rotatable bonds is 3. The first kappa shape index (κ1) is 13.6. The molecule has 0 radical (unpaired) electrons. The van der Waals surface area contributed by atoms with E-state index in [9.17, 15) is 9.59 Å². The van der Waals surface area contributed by atoms with E-state index in [1.165, 1.54) is 17.7 Å². The number of hydrogen-bond donors (Lipinski definition) is 1. The third kappa shape index (κ3) is 2.89. The van der Waals surface area contributed by atoms with Gasteiger partial charge < -0.3 is 10.2 Å². The number of nitrogens with zero attached hydrogens (tertiary/aromatic N) is 1. The van der Waals surface area contributed by atoms with Crippen LogP contribution in [0.4, 0.5) is 0 Å². The first-order valence-corrected chi connectivity index (χ1v) is 7.15. The number of likely N-dealkylation sites (tertiary alicyclic amines) is 1. The Morgan fingerprint density at radius 2 is 2.00 bits per heavy atom. The smallest absolute Gasteiger partial charge is 0.225 e. The third-order valence-corrected chi connectivity index (χ3v) is 3.86. The largest absolute Gasteiger partial charge is 0.351 e. The Hall–Kier alpha value is -2.36. The lowest BCUT2D eigenvalue weighted by molar-refractivity contribution is -0.128. The predicted octanol–water partition coefficient (Wildman–Crippen LogP) is 2.08. The van der Waals surface area contributed by atoms with E-state index < -0.39 is 0 Å². The zero-order valence-corrected chi connectivity index (χ0v) is 12.0. The molecule has 4 heteroatoms. The highest BCUT2D eigenvalue weighted by Crippen LogP contribution is 2.22. The Morgan fingerprint density at radius 3 is 2.81 bits per heavy atom. The van der Waals surface area contributed by atoms with Gasteiger partial charge in [0, 0.05) is 26.4 Å². The van der Waals surface area contributed by atoms with Gasteiger partial charge in [0.05, 0.1) is 6.04 Å². The molecule has 1 aliphatic heterocycles. The van der Waals surface area contributed by atoms with Crippen LogP contribution in [0.25, 0.3) is 10.8 Å². The number of hydrogen-bond acceptors (Lipinski definition) is 2. The quantitative estimate of drug-likeness (QED) is 0.937. The first-order chi connectivity index (χ1) is 10.1. The van der Waals surface area contributed by atoms with E-state index in [1.807, 2.05) is 23.1 Å². The molecule has 2 aromatic carbocycles. The van der Waals surface area contributed by atoms with Crippen molar-refractivity contribution in [1.29, 1.82) is 0 Å². The molecular formula is C17H18N2O2. The molecule has 1 aliphatic rings. The number of nitrogens with one attached hydrogen (secondary N) is 1. The topological polar surface area (TPSA) is 49.4 Å². The molecule has 2 amide bonds. The second-order valence-electron chi connectivity index (χ2n) is 5.51. The van der Waals surface area contributed by atoms with Crippen molar-refractivity contribution in [3.63, 3.8) is 0 Å². The van der Waals surface area contributed by atoms with Crippen molar-refractivity contribution in [3.05, 3.63) is 48.0 Å². The highest BCUT2D eigenvalue weighted by molar-refractivity contribution is 5.86. The van der Waals surface area contributed by atoms with Crippen LogP contribution in [0, 0.1) is 0 Å². The molecule has 0 saturated carbocycles. The molecule has 21 heavy (non-hydrogen) atoms. The maximum absolute atomic E-state index is 12.1. The van der Waals surface area contributed by atoms with E-state index in [2.05, 4.69) is 29.6 Å². The second-order valence-corrected chi connectivity index (χ2v) is 5.51. The van der Waals surface area contributed by atoms with Gasteiger partial charge in [-0.2, -0.15) is 0 Å². The van der Waals surface area contributed by atoms with E-state index in [-0.39, 0.29) is 17.9 Å². The summed E-state index contributed by atoms with van der Waals surface area (Å²) in [6, 6.07) is 14.3. The monoisotopic (exact) mass is 282 g/mol. The summed E-state index contributed by atoms with van der Waals surface area (Å²) in [5.74, 6) is 0.0153. The van der Waals surface area contributed by atoms with Crippen LogP contribution in [-0.2, 0) is 16.1 Å². The maximum atomic E-state index is 12.1. The molecule has 0 aromatic heterocycles. The van der Waals surface area contributed by atoms with Crippen LogP contribution in [0.2, 0.25) is 0 Å². The maximum Gasteiger partial charge on any atom is 0.225 e. The Bertz CT molecular complexity index is 691. The van der Waals surface area contributed by atoms with E-state index >= 15 is 0 Å². The molecule has 108 valence electrons. The fraction of sp³-hybridized carbons (Fsp3) is 0.294. The molecule has 0 aliphatic carbocycles. The van der Waals surface area contributed by atoms with E-state index in [0.717, 1.165) is 5.56 Å². The summed E-state index contributed by atoms with van der Waals surface area (Å²) in [5.41, 5.74) is 1.14. The number of fused-ring (bicyclic) bond motifs is 1. The van der Waals surface area contributed by atoms with Gasteiger partial charge in [-0.25, -0.2) is 0 Å². The van der Waals surface area contributed by atoms with Crippen molar-refractivity contribution in [2.45, 2.75) is 25.9 Å². The zero-order valence-electron chi connectivity index (χ0n) is 12.0. The first-order valence-electron chi connectivity index (χ1n) is 7.15. The summed E-state index contributed by atoms with van der Waals surface area (Å²) in [6.45, 7) is 2.66. The minimum Gasteiger partial charge on any atom is -0.351 e. The summed E-state index contributed by atoms with van der Waals surface area (Å²) in [6.07, 6.45) is 0.393. The summed E-state index contributed by atoms with van der Waals surface area (Å²) in [5, 5.41) is 5.18. The summed E-state index contributed by atoms with van der Waals surface area (Å²) in [4.78, 5) is 25.0. The van der Waals surface area contributed by atoms with Gasteiger partial charge in [0.1, 0.15) is 0 Å². The molecular weight excluding hydrogens is 264 g/mol. The Labute approximate surface area is 123 Å². The van der Waals surface area contributed by atoms with Gasteiger partial charge in [0.15, 0.2) is 0 Å². The number of amides is 2. The molecule has 1 N–H and O–H groups in total. The standard InChI is InChI=1S/C17H18N2O2/c1-12(20)18-15-9-17(21)19(11-15)10-14-7-4-6-13-5-2-3-8-16(13)14/h2-8,15H,9-11H2,1H3,(H,18,20). The molecule has 3 rings (SSSR count). The van der Waals surface area contributed by atoms with E-state index in [1.54, 1.807) is 0 Å². The van der Waals surface area contributed by atoms with Crippen LogP contribution in [0.1, 0.15) is 18.9 Å². The van der Waals surface area contributed by atoms with Gasteiger partial charge in [-0.05, 0) is 16.3 Å². The minimum absolute atomic E-state index is 0.0648. The normalized spacial score (nSPS) is 18.2. The van der Waals surface area contributed by atoms with Gasteiger partial charge in [0.25, 0.3) is 0 Å². The molecule has 0 bridgehead atoms. The van der Waals surface area contributed by atoms with Crippen LogP contribution >= 0.6 is 0 Å². The summed E-state index contributed by atoms with van der Waals surface area (Å²) < 4.78 is 0. The molecule has 1 atom stereocenters. The molecule has 4 nitrogen and oxygen atoms in total. The Balaban J connectivity index is 1.79. The fourth-order valence-corrected chi connectivity index (χ4v) is 2.95. The number of benzene rings is 2. The van der Waals surface area contributed by atoms with Crippen LogP contribution in [-0.4, -0.2) is 29.3 Å². The van der Waals surface area contributed by atoms with Crippen LogP contribution in [0.15, 0.2) is 42.5 Å². The van der Waals surface area contributed by atoms with E-state index in [0.29, 0.717) is 19.5 Å². The van der Waals surface area contributed by atoms with Crippen LogP contribution in [0.5, 0.6) is 0 Å². The molecule has 1 fully saturated rings. The van der Waals surface area contributed by atoms with Gasteiger partial charge in [0.2, 0.25) is 11.8 Å². The molecule has 1 unspecified atom stereocenters. The molecule has 1 heterocycles. The van der Waals surface area contributed by atoms with Crippen LogP contribution < -0.4 is 5.32 Å². The van der Waals surface area contributed by atoms with Crippen molar-refractivity contribution in [3.8, 4) is 0 Å². The lowest BCUT2D eigenvalue weighted by atomic mass is 10.0. The minimum atomic E-state index is -0.0835. The fourth-order valence-electron chi connectivity index (χ4n) is 2.95. The van der Waals surface area contributed by atoms with Gasteiger partial charge in [-0.15, -0.1) is 0 Å². The van der Waals surface area contributed by atoms with Gasteiger partial charge >= 0.3 is 0 Å². The Kier molecular flexibility index (Phi) is 3.60. The molecule has 1 saturated heterocycles. The van der Waals surface area contributed by atoms with E-state index in [4.69, 9.17) is 0 Å². The molecule has 0 spiro atoms. The summed E-state index contributed by atoms with van der Waals surface area (Å²) >= 11 is 0. The number of carbonyl (C=O) groups is 2.